The molecule has 2 aliphatic rings. The number of carbonyl (C=O) groups is 2. The molecule has 1 heterocycles. The molecule has 0 bridgehead atoms. The number of carbonyl (C=O) groups excluding carboxylic acids is 2. The van der Waals surface area contributed by atoms with Gasteiger partial charge in [-0.15, -0.1) is 0 Å². The van der Waals surface area contributed by atoms with Crippen molar-refractivity contribution in [2.45, 2.75) is 44.7 Å². The summed E-state index contributed by atoms with van der Waals surface area (Å²) in [5, 5.41) is 11.5. The zero-order valence-corrected chi connectivity index (χ0v) is 16.1. The van der Waals surface area contributed by atoms with Crippen LogP contribution >= 0.6 is 0 Å². The lowest BCUT2D eigenvalue weighted by Crippen LogP contribution is -2.40. The highest BCUT2D eigenvalue weighted by molar-refractivity contribution is 6.07. The third-order valence-corrected chi connectivity index (χ3v) is 5.59. The molecule has 29 heavy (non-hydrogen) atoms. The summed E-state index contributed by atoms with van der Waals surface area (Å²) in [6.07, 6.45) is 3.77. The number of rotatable bonds is 3. The van der Waals surface area contributed by atoms with Crippen LogP contribution < -0.4 is 15.1 Å². The molecule has 1 saturated heterocycles. The normalized spacial score (nSPS) is 20.9. The van der Waals surface area contributed by atoms with E-state index < -0.39 is 5.82 Å². The lowest BCUT2D eigenvalue weighted by Gasteiger charge is -2.31. The van der Waals surface area contributed by atoms with Crippen molar-refractivity contribution in [3.63, 3.8) is 0 Å². The van der Waals surface area contributed by atoms with Crippen molar-refractivity contribution < 1.29 is 14.0 Å². The molecule has 2 aromatic carbocycles. The van der Waals surface area contributed by atoms with E-state index in [1.165, 1.54) is 19.1 Å². The van der Waals surface area contributed by atoms with Gasteiger partial charge in [0, 0.05) is 18.3 Å². The quantitative estimate of drug-likeness (QED) is 0.840. The molecule has 1 saturated carbocycles. The monoisotopic (exact) mass is 392 g/mol. The van der Waals surface area contributed by atoms with Gasteiger partial charge in [0.15, 0.2) is 0 Å². The van der Waals surface area contributed by atoms with Crippen LogP contribution in [0.1, 0.15) is 38.2 Å². The summed E-state index contributed by atoms with van der Waals surface area (Å²) in [4.78, 5) is 28.1. The smallest absolute Gasteiger partial charge is 0.324 e. The van der Waals surface area contributed by atoms with Gasteiger partial charge in [0.25, 0.3) is 0 Å². The minimum atomic E-state index is -0.574. The van der Waals surface area contributed by atoms with Gasteiger partial charge in [-0.05, 0) is 55.3 Å². The van der Waals surface area contributed by atoms with Crippen molar-refractivity contribution in [3.8, 4) is 6.07 Å². The summed E-state index contributed by atoms with van der Waals surface area (Å²) in [6.45, 7) is 1.32. The Bertz CT molecular complexity index is 999. The molecule has 3 amide bonds. The first-order chi connectivity index (χ1) is 14.0. The fraction of sp³-hybridized carbons (Fsp3) is 0.318. The number of nitrogens with zero attached hydrogens (tertiary/aromatic N) is 3. The van der Waals surface area contributed by atoms with E-state index in [0.717, 1.165) is 31.4 Å². The van der Waals surface area contributed by atoms with Gasteiger partial charge >= 0.3 is 6.03 Å². The van der Waals surface area contributed by atoms with Crippen LogP contribution in [0.5, 0.6) is 0 Å². The molecule has 0 aromatic heterocycles. The number of benzene rings is 2. The van der Waals surface area contributed by atoms with Gasteiger partial charge in [-0.1, -0.05) is 12.8 Å². The molecule has 0 radical (unpaired) electrons. The van der Waals surface area contributed by atoms with Crippen molar-refractivity contribution in [2.24, 2.45) is 0 Å². The van der Waals surface area contributed by atoms with E-state index in [1.807, 2.05) is 0 Å². The number of halogens is 1. The number of fused-ring (bicyclic) bond motifs is 1. The van der Waals surface area contributed by atoms with Crippen molar-refractivity contribution in [1.82, 2.24) is 0 Å². The lowest BCUT2D eigenvalue weighted by atomic mass is 9.89. The Morgan fingerprint density at radius 1 is 1.07 bits per heavy atom. The Balaban J connectivity index is 1.70. The minimum Gasteiger partial charge on any atom is -0.324 e. The molecule has 1 aliphatic carbocycles. The predicted molar refractivity (Wildman–Crippen MR) is 108 cm³/mol. The Morgan fingerprint density at radius 3 is 2.21 bits per heavy atom. The molecule has 7 heteroatoms. The summed E-state index contributed by atoms with van der Waals surface area (Å²) in [5.74, 6) is -0.928. The van der Waals surface area contributed by atoms with Gasteiger partial charge in [-0.25, -0.2) is 9.18 Å². The number of anilines is 3. The Labute approximate surface area is 168 Å². The molecule has 0 unspecified atom stereocenters. The minimum absolute atomic E-state index is 0.00210. The molecular weight excluding hydrogens is 371 g/mol. The largest absolute Gasteiger partial charge is 0.329 e. The summed E-state index contributed by atoms with van der Waals surface area (Å²) >= 11 is 0. The average molecular weight is 392 g/mol. The SMILES string of the molecule is CC(=O)Nc1ccc(N2C(=O)N(c3ccc(C#N)cc3)[C@@H]3CCCC[C@H]32)cc1F. The van der Waals surface area contributed by atoms with Crippen molar-refractivity contribution in [2.75, 3.05) is 15.1 Å². The van der Waals surface area contributed by atoms with Gasteiger partial charge in [0.1, 0.15) is 5.82 Å². The highest BCUT2D eigenvalue weighted by Gasteiger charge is 2.47. The van der Waals surface area contributed by atoms with Crippen LogP contribution in [0.2, 0.25) is 0 Å². The maximum absolute atomic E-state index is 14.5. The van der Waals surface area contributed by atoms with Crippen LogP contribution in [0.25, 0.3) is 0 Å². The summed E-state index contributed by atoms with van der Waals surface area (Å²) in [5.41, 5.74) is 1.85. The first-order valence-electron chi connectivity index (χ1n) is 9.69. The van der Waals surface area contributed by atoms with Gasteiger partial charge in [-0.3, -0.25) is 14.6 Å². The van der Waals surface area contributed by atoms with Crippen LogP contribution in [0.3, 0.4) is 0 Å². The van der Waals surface area contributed by atoms with Gasteiger partial charge < -0.3 is 5.32 Å². The van der Waals surface area contributed by atoms with Crippen molar-refractivity contribution >= 4 is 29.0 Å². The highest BCUT2D eigenvalue weighted by atomic mass is 19.1. The summed E-state index contributed by atoms with van der Waals surface area (Å²) in [7, 11) is 0. The zero-order chi connectivity index (χ0) is 20.5. The van der Waals surface area contributed by atoms with E-state index in [4.69, 9.17) is 5.26 Å². The topological polar surface area (TPSA) is 76.4 Å². The maximum atomic E-state index is 14.5. The van der Waals surface area contributed by atoms with E-state index in [2.05, 4.69) is 11.4 Å². The van der Waals surface area contributed by atoms with Crippen LogP contribution in [-0.2, 0) is 4.79 Å². The molecule has 2 atom stereocenters. The second kappa shape index (κ2) is 7.55. The highest BCUT2D eigenvalue weighted by Crippen LogP contribution is 2.40. The molecule has 6 nitrogen and oxygen atoms in total. The average Bonchev–Trinajstić information content (AvgIpc) is 3.01. The standard InChI is InChI=1S/C22H21FN4O2/c1-14(28)25-19-11-10-17(12-18(19)23)27-21-5-3-2-4-20(21)26(22(27)29)16-8-6-15(13-24)7-9-16/h6-12,20-21H,2-5H2,1H3,(H,25,28)/t20-,21-/m1/s1. The van der Waals surface area contributed by atoms with Crippen LogP contribution in [0.15, 0.2) is 42.5 Å². The molecule has 1 N–H and O–H groups in total. The number of nitrogens with one attached hydrogen (secondary N) is 1. The van der Waals surface area contributed by atoms with Gasteiger partial charge in [-0.2, -0.15) is 5.26 Å². The van der Waals surface area contributed by atoms with Crippen molar-refractivity contribution in [1.29, 1.82) is 5.26 Å². The number of urea groups is 1. The number of nitriles is 1. The first kappa shape index (κ1) is 18.9. The molecule has 1 aliphatic heterocycles. The molecule has 4 rings (SSSR count). The molecule has 2 aromatic rings. The van der Waals surface area contributed by atoms with Gasteiger partial charge in [0.05, 0.1) is 29.4 Å². The summed E-state index contributed by atoms with van der Waals surface area (Å²) in [6, 6.07) is 13.3. The fourth-order valence-electron chi connectivity index (χ4n) is 4.34. The lowest BCUT2D eigenvalue weighted by molar-refractivity contribution is -0.114. The molecule has 0 spiro atoms. The number of amides is 3. The summed E-state index contributed by atoms with van der Waals surface area (Å²) < 4.78 is 14.5. The third kappa shape index (κ3) is 3.42. The number of hydrogen-bond acceptors (Lipinski definition) is 3. The van der Waals surface area contributed by atoms with Crippen molar-refractivity contribution in [3.05, 3.63) is 53.8 Å². The predicted octanol–water partition coefficient (Wildman–Crippen LogP) is 4.41. The maximum Gasteiger partial charge on any atom is 0.329 e. The second-order valence-electron chi connectivity index (χ2n) is 7.45. The Morgan fingerprint density at radius 2 is 1.66 bits per heavy atom. The van der Waals surface area contributed by atoms with E-state index >= 15 is 0 Å². The van der Waals surface area contributed by atoms with Gasteiger partial charge in [0.2, 0.25) is 5.91 Å². The zero-order valence-electron chi connectivity index (χ0n) is 16.1. The Kier molecular flexibility index (Phi) is 4.93. The molecule has 2 fully saturated rings. The molecule has 148 valence electrons. The third-order valence-electron chi connectivity index (χ3n) is 5.59. The van der Waals surface area contributed by atoms with E-state index in [9.17, 15) is 14.0 Å². The van der Waals surface area contributed by atoms with E-state index in [0.29, 0.717) is 11.3 Å². The number of hydrogen-bond donors (Lipinski definition) is 1. The van der Waals surface area contributed by atoms with Crippen LogP contribution in [0.4, 0.5) is 26.2 Å². The Hall–Kier alpha value is -3.40. The molecular formula is C22H21FN4O2. The van der Waals surface area contributed by atoms with E-state index in [1.54, 1.807) is 40.1 Å². The fourth-order valence-corrected chi connectivity index (χ4v) is 4.34. The van der Waals surface area contributed by atoms with Crippen LogP contribution in [0, 0.1) is 17.1 Å². The first-order valence-corrected chi connectivity index (χ1v) is 9.69. The second-order valence-corrected chi connectivity index (χ2v) is 7.45. The van der Waals surface area contributed by atoms with Crippen LogP contribution in [-0.4, -0.2) is 24.0 Å². The van der Waals surface area contributed by atoms with E-state index in [-0.39, 0.29) is 29.7 Å².